The molecule has 0 aliphatic heterocycles. The molecule has 0 aliphatic carbocycles. The Morgan fingerprint density at radius 2 is 2.25 bits per heavy atom. The first-order valence-corrected chi connectivity index (χ1v) is 5.81. The Morgan fingerprint density at radius 3 is 2.94 bits per heavy atom. The van der Waals surface area contributed by atoms with Crippen LogP contribution in [0, 0.1) is 0 Å². The van der Waals surface area contributed by atoms with Crippen LogP contribution in [-0.4, -0.2) is 5.78 Å². The van der Waals surface area contributed by atoms with E-state index in [9.17, 15) is 4.79 Å². The zero-order valence-electron chi connectivity index (χ0n) is 9.13. The van der Waals surface area contributed by atoms with Crippen molar-refractivity contribution < 1.29 is 9.21 Å². The number of carbonyl (C=O) groups is 1. The highest BCUT2D eigenvalue weighted by molar-refractivity contribution is 6.34. The van der Waals surface area contributed by atoms with Crippen molar-refractivity contribution in [2.24, 2.45) is 0 Å². The summed E-state index contributed by atoms with van der Waals surface area (Å²) >= 11 is 5.97. The van der Waals surface area contributed by atoms with E-state index >= 15 is 0 Å². The molecule has 2 aromatic rings. The molecule has 84 valence electrons. The minimum atomic E-state index is 0.0501. The Balaban J connectivity index is 2.32. The van der Waals surface area contributed by atoms with Crippen molar-refractivity contribution in [3.05, 3.63) is 35.0 Å². The third-order valence-electron chi connectivity index (χ3n) is 2.53. The minimum absolute atomic E-state index is 0.0501. The lowest BCUT2D eigenvalue weighted by Gasteiger charge is -1.94. The Labute approximate surface area is 99.2 Å². The second-order valence-electron chi connectivity index (χ2n) is 3.80. The highest BCUT2D eigenvalue weighted by Crippen LogP contribution is 2.27. The summed E-state index contributed by atoms with van der Waals surface area (Å²) in [4.78, 5) is 11.7. The second-order valence-corrected chi connectivity index (χ2v) is 4.20. The van der Waals surface area contributed by atoms with Crippen LogP contribution in [0.1, 0.15) is 36.7 Å². The summed E-state index contributed by atoms with van der Waals surface area (Å²) in [5.74, 6) is 0.464. The van der Waals surface area contributed by atoms with E-state index in [1.165, 1.54) is 0 Å². The molecule has 0 unspecified atom stereocenters. The van der Waals surface area contributed by atoms with Crippen molar-refractivity contribution in [1.29, 1.82) is 0 Å². The second kappa shape index (κ2) is 4.71. The number of Topliss-reactive ketones (excluding diaryl/α,β-unsaturated/α-hetero) is 1. The Kier molecular flexibility index (Phi) is 3.30. The number of benzene rings is 1. The van der Waals surface area contributed by atoms with Crippen LogP contribution in [0.5, 0.6) is 0 Å². The van der Waals surface area contributed by atoms with Crippen molar-refractivity contribution in [2.75, 3.05) is 0 Å². The van der Waals surface area contributed by atoms with Crippen LogP contribution in [0.3, 0.4) is 0 Å². The number of carbonyl (C=O) groups excluding carboxylic acids is 1. The van der Waals surface area contributed by atoms with Crippen LogP contribution < -0.4 is 0 Å². The van der Waals surface area contributed by atoms with E-state index in [1.54, 1.807) is 12.1 Å². The van der Waals surface area contributed by atoms with Crippen LogP contribution in [-0.2, 0) is 0 Å². The molecule has 0 bridgehead atoms. The molecular formula is C13H13ClO2. The maximum absolute atomic E-state index is 11.7. The van der Waals surface area contributed by atoms with Gasteiger partial charge in [-0.05, 0) is 18.6 Å². The predicted octanol–water partition coefficient (Wildman–Crippen LogP) is 4.46. The summed E-state index contributed by atoms with van der Waals surface area (Å²) in [7, 11) is 0. The third kappa shape index (κ3) is 2.12. The van der Waals surface area contributed by atoms with E-state index in [0.717, 1.165) is 18.2 Å². The van der Waals surface area contributed by atoms with Crippen molar-refractivity contribution in [3.63, 3.8) is 0 Å². The van der Waals surface area contributed by atoms with Gasteiger partial charge in [0.25, 0.3) is 0 Å². The average Bonchev–Trinajstić information content (AvgIpc) is 2.71. The molecule has 0 saturated carbocycles. The van der Waals surface area contributed by atoms with Crippen LogP contribution >= 0.6 is 11.6 Å². The molecule has 2 rings (SSSR count). The highest BCUT2D eigenvalue weighted by atomic mass is 35.5. The largest absolute Gasteiger partial charge is 0.451 e. The van der Waals surface area contributed by atoms with Gasteiger partial charge in [0.15, 0.2) is 17.1 Å². The Morgan fingerprint density at radius 1 is 1.44 bits per heavy atom. The maximum Gasteiger partial charge on any atom is 0.198 e. The summed E-state index contributed by atoms with van der Waals surface area (Å²) in [6.07, 6.45) is 2.43. The summed E-state index contributed by atoms with van der Waals surface area (Å²) in [5, 5.41) is 1.43. The summed E-state index contributed by atoms with van der Waals surface area (Å²) in [6, 6.07) is 7.26. The maximum atomic E-state index is 11.7. The number of furan rings is 1. The van der Waals surface area contributed by atoms with Crippen LogP contribution in [0.4, 0.5) is 0 Å². The molecular weight excluding hydrogens is 224 g/mol. The molecule has 0 spiro atoms. The monoisotopic (exact) mass is 236 g/mol. The van der Waals surface area contributed by atoms with Crippen LogP contribution in [0.15, 0.2) is 28.7 Å². The van der Waals surface area contributed by atoms with Gasteiger partial charge >= 0.3 is 0 Å². The fraction of sp³-hybridized carbons (Fsp3) is 0.308. The van der Waals surface area contributed by atoms with E-state index in [0.29, 0.717) is 22.8 Å². The molecule has 0 radical (unpaired) electrons. The molecule has 0 atom stereocenters. The minimum Gasteiger partial charge on any atom is -0.451 e. The molecule has 1 heterocycles. The number of halogens is 1. The van der Waals surface area contributed by atoms with Gasteiger partial charge in [0, 0.05) is 11.8 Å². The SMILES string of the molecule is CCCCC(=O)c1cc2cccc(Cl)c2o1. The zero-order chi connectivity index (χ0) is 11.5. The molecule has 0 saturated heterocycles. The zero-order valence-corrected chi connectivity index (χ0v) is 9.88. The van der Waals surface area contributed by atoms with Gasteiger partial charge in [-0.25, -0.2) is 0 Å². The number of hydrogen-bond acceptors (Lipinski definition) is 2. The van der Waals surface area contributed by atoms with E-state index in [-0.39, 0.29) is 5.78 Å². The first-order valence-electron chi connectivity index (χ1n) is 5.43. The van der Waals surface area contributed by atoms with E-state index in [2.05, 4.69) is 6.92 Å². The number of unbranched alkanes of at least 4 members (excludes halogenated alkanes) is 1. The normalized spacial score (nSPS) is 10.9. The van der Waals surface area contributed by atoms with Crippen molar-refractivity contribution >= 4 is 28.4 Å². The first-order chi connectivity index (χ1) is 7.72. The van der Waals surface area contributed by atoms with Gasteiger partial charge in [-0.2, -0.15) is 0 Å². The molecule has 1 aromatic heterocycles. The fourth-order valence-corrected chi connectivity index (χ4v) is 1.85. The lowest BCUT2D eigenvalue weighted by atomic mass is 10.1. The molecule has 1 aromatic carbocycles. The number of fused-ring (bicyclic) bond motifs is 1. The van der Waals surface area contributed by atoms with Crippen LogP contribution in [0.2, 0.25) is 5.02 Å². The molecule has 0 N–H and O–H groups in total. The van der Waals surface area contributed by atoms with Gasteiger partial charge in [-0.1, -0.05) is 37.1 Å². The molecule has 0 fully saturated rings. The fourth-order valence-electron chi connectivity index (χ4n) is 1.63. The number of hydrogen-bond donors (Lipinski definition) is 0. The average molecular weight is 237 g/mol. The number of ketones is 1. The quantitative estimate of drug-likeness (QED) is 0.734. The smallest absolute Gasteiger partial charge is 0.198 e. The van der Waals surface area contributed by atoms with Gasteiger partial charge in [-0.3, -0.25) is 4.79 Å². The Hall–Kier alpha value is -1.28. The van der Waals surface area contributed by atoms with Gasteiger partial charge in [0.05, 0.1) is 5.02 Å². The molecule has 16 heavy (non-hydrogen) atoms. The lowest BCUT2D eigenvalue weighted by molar-refractivity contribution is 0.0955. The number of rotatable bonds is 4. The Bertz CT molecular complexity index is 514. The standard InChI is InChI=1S/C13H13ClO2/c1-2-3-7-11(15)12-8-9-5-4-6-10(14)13(9)16-12/h4-6,8H,2-3,7H2,1H3. The van der Waals surface area contributed by atoms with Crippen molar-refractivity contribution in [3.8, 4) is 0 Å². The molecule has 2 nitrogen and oxygen atoms in total. The van der Waals surface area contributed by atoms with Gasteiger partial charge in [-0.15, -0.1) is 0 Å². The van der Waals surface area contributed by atoms with Crippen molar-refractivity contribution in [1.82, 2.24) is 0 Å². The predicted molar refractivity (Wildman–Crippen MR) is 65.1 cm³/mol. The van der Waals surface area contributed by atoms with Crippen molar-refractivity contribution in [2.45, 2.75) is 26.2 Å². The lowest BCUT2D eigenvalue weighted by Crippen LogP contribution is -1.95. The summed E-state index contributed by atoms with van der Waals surface area (Å²) < 4.78 is 5.48. The molecule has 0 aliphatic rings. The molecule has 3 heteroatoms. The van der Waals surface area contributed by atoms with E-state index in [1.807, 2.05) is 12.1 Å². The topological polar surface area (TPSA) is 30.2 Å². The first kappa shape index (κ1) is 11.2. The van der Waals surface area contributed by atoms with Gasteiger partial charge in [0.1, 0.15) is 0 Å². The molecule has 0 amide bonds. The number of para-hydroxylation sites is 1. The van der Waals surface area contributed by atoms with E-state index < -0.39 is 0 Å². The van der Waals surface area contributed by atoms with Gasteiger partial charge < -0.3 is 4.42 Å². The third-order valence-corrected chi connectivity index (χ3v) is 2.83. The van der Waals surface area contributed by atoms with Gasteiger partial charge in [0.2, 0.25) is 0 Å². The summed E-state index contributed by atoms with van der Waals surface area (Å²) in [6.45, 7) is 2.06. The van der Waals surface area contributed by atoms with E-state index in [4.69, 9.17) is 16.0 Å². The summed E-state index contributed by atoms with van der Waals surface area (Å²) in [5.41, 5.74) is 0.601. The highest BCUT2D eigenvalue weighted by Gasteiger charge is 2.12. The van der Waals surface area contributed by atoms with Crippen LogP contribution in [0.25, 0.3) is 11.0 Å².